The molecule has 1 aromatic carbocycles. The zero-order valence-electron chi connectivity index (χ0n) is 12.3. The molecule has 1 saturated heterocycles. The van der Waals surface area contributed by atoms with E-state index in [1.807, 2.05) is 4.90 Å². The Hall–Kier alpha value is -1.63. The molecule has 0 bridgehead atoms. The van der Waals surface area contributed by atoms with E-state index in [-0.39, 0.29) is 11.1 Å². The van der Waals surface area contributed by atoms with Crippen molar-refractivity contribution in [3.8, 4) is 0 Å². The number of anilines is 1. The van der Waals surface area contributed by atoms with Crippen LogP contribution < -0.4 is 4.90 Å². The van der Waals surface area contributed by atoms with Gasteiger partial charge in [-0.05, 0) is 18.2 Å². The highest BCUT2D eigenvalue weighted by Gasteiger charge is 2.34. The van der Waals surface area contributed by atoms with Crippen LogP contribution in [0.15, 0.2) is 18.2 Å². The summed E-state index contributed by atoms with van der Waals surface area (Å²) in [5.41, 5.74) is -0.368. The van der Waals surface area contributed by atoms with Gasteiger partial charge in [0.15, 0.2) is 0 Å². The highest BCUT2D eigenvalue weighted by molar-refractivity contribution is 6.31. The summed E-state index contributed by atoms with van der Waals surface area (Å²) in [5, 5.41) is -0.308. The Morgan fingerprint density at radius 1 is 1.18 bits per heavy atom. The minimum atomic E-state index is -4.48. The number of rotatable bonds is 1. The third-order valence-electron chi connectivity index (χ3n) is 3.55. The molecular formula is C14H17ClF3N3O. The molecule has 8 heteroatoms. The molecule has 0 aromatic heterocycles. The number of carbonyl (C=O) groups excluding carboxylic acids is 1. The number of hydrogen-bond donors (Lipinski definition) is 0. The molecule has 1 aliphatic heterocycles. The van der Waals surface area contributed by atoms with Gasteiger partial charge in [-0.1, -0.05) is 11.6 Å². The fraction of sp³-hybridized carbons (Fsp3) is 0.500. The quantitative estimate of drug-likeness (QED) is 0.788. The van der Waals surface area contributed by atoms with Crippen molar-refractivity contribution in [2.75, 3.05) is 45.2 Å². The summed E-state index contributed by atoms with van der Waals surface area (Å²) in [6.07, 6.45) is -4.48. The van der Waals surface area contributed by atoms with E-state index < -0.39 is 11.7 Å². The third kappa shape index (κ3) is 3.58. The van der Waals surface area contributed by atoms with Crippen LogP contribution >= 0.6 is 11.6 Å². The zero-order chi connectivity index (χ0) is 16.5. The van der Waals surface area contributed by atoms with E-state index >= 15 is 0 Å². The van der Waals surface area contributed by atoms with Gasteiger partial charge in [0.2, 0.25) is 0 Å². The van der Waals surface area contributed by atoms with Crippen molar-refractivity contribution in [1.29, 1.82) is 0 Å². The van der Waals surface area contributed by atoms with E-state index in [4.69, 9.17) is 11.6 Å². The predicted octanol–water partition coefficient (Wildman–Crippen LogP) is 3.16. The van der Waals surface area contributed by atoms with Gasteiger partial charge in [0.1, 0.15) is 0 Å². The van der Waals surface area contributed by atoms with E-state index in [1.54, 1.807) is 25.1 Å². The molecule has 1 fully saturated rings. The average Bonchev–Trinajstić information content (AvgIpc) is 2.46. The first-order chi connectivity index (χ1) is 10.2. The number of piperazine rings is 1. The molecule has 2 rings (SSSR count). The van der Waals surface area contributed by atoms with E-state index in [1.165, 1.54) is 11.0 Å². The zero-order valence-corrected chi connectivity index (χ0v) is 13.1. The lowest BCUT2D eigenvalue weighted by molar-refractivity contribution is -0.137. The summed E-state index contributed by atoms with van der Waals surface area (Å²) in [6, 6.07) is 3.80. The molecule has 4 nitrogen and oxygen atoms in total. The molecule has 0 unspecified atom stereocenters. The monoisotopic (exact) mass is 335 g/mol. The summed E-state index contributed by atoms with van der Waals surface area (Å²) >= 11 is 5.62. The molecule has 1 aliphatic rings. The van der Waals surface area contributed by atoms with Crippen LogP contribution in [0.4, 0.5) is 23.7 Å². The Labute approximate surface area is 132 Å². The minimum Gasteiger partial charge on any atom is -0.368 e. The first kappa shape index (κ1) is 16.7. The largest absolute Gasteiger partial charge is 0.417 e. The summed E-state index contributed by atoms with van der Waals surface area (Å²) in [4.78, 5) is 16.8. The predicted molar refractivity (Wildman–Crippen MR) is 79.3 cm³/mol. The number of alkyl halides is 3. The van der Waals surface area contributed by atoms with Crippen LogP contribution in [0.2, 0.25) is 5.02 Å². The molecule has 0 radical (unpaired) electrons. The first-order valence-electron chi connectivity index (χ1n) is 6.78. The van der Waals surface area contributed by atoms with Crippen molar-refractivity contribution in [1.82, 2.24) is 9.80 Å². The fourth-order valence-electron chi connectivity index (χ4n) is 2.37. The van der Waals surface area contributed by atoms with Crippen LogP contribution in [0.5, 0.6) is 0 Å². The Balaban J connectivity index is 2.10. The molecule has 22 heavy (non-hydrogen) atoms. The second-order valence-corrected chi connectivity index (χ2v) is 5.72. The SMILES string of the molecule is CN(C)C(=O)N1CCN(c2ccc(Cl)c(C(F)(F)F)c2)CC1. The second kappa shape index (κ2) is 6.24. The number of carbonyl (C=O) groups is 1. The van der Waals surface area contributed by atoms with Crippen LogP contribution in [0, 0.1) is 0 Å². The van der Waals surface area contributed by atoms with Gasteiger partial charge in [-0.15, -0.1) is 0 Å². The van der Waals surface area contributed by atoms with Gasteiger partial charge in [0.25, 0.3) is 0 Å². The van der Waals surface area contributed by atoms with E-state index in [9.17, 15) is 18.0 Å². The van der Waals surface area contributed by atoms with E-state index in [2.05, 4.69) is 0 Å². The molecule has 1 heterocycles. The molecule has 0 atom stereocenters. The van der Waals surface area contributed by atoms with Crippen molar-refractivity contribution in [3.63, 3.8) is 0 Å². The number of urea groups is 1. The standard InChI is InChI=1S/C14H17ClF3N3O/c1-19(2)13(22)21-7-5-20(6-8-21)10-3-4-12(15)11(9-10)14(16,17)18/h3-4,9H,5-8H2,1-2H3. The fourth-order valence-corrected chi connectivity index (χ4v) is 2.59. The van der Waals surface area contributed by atoms with Crippen molar-refractivity contribution >= 4 is 23.3 Å². The molecule has 122 valence electrons. The van der Waals surface area contributed by atoms with Gasteiger partial charge < -0.3 is 14.7 Å². The summed E-state index contributed by atoms with van der Waals surface area (Å²) in [7, 11) is 3.34. The molecule has 0 saturated carbocycles. The van der Waals surface area contributed by atoms with Crippen molar-refractivity contribution in [2.45, 2.75) is 6.18 Å². The van der Waals surface area contributed by atoms with Gasteiger partial charge in [-0.2, -0.15) is 13.2 Å². The lowest BCUT2D eigenvalue weighted by Crippen LogP contribution is -2.51. The van der Waals surface area contributed by atoms with Crippen LogP contribution in [0.25, 0.3) is 0 Å². The Morgan fingerprint density at radius 3 is 2.27 bits per heavy atom. The minimum absolute atomic E-state index is 0.0910. The summed E-state index contributed by atoms with van der Waals surface area (Å²) in [6.45, 7) is 1.92. The Morgan fingerprint density at radius 2 is 1.77 bits per heavy atom. The van der Waals surface area contributed by atoms with Gasteiger partial charge in [0.05, 0.1) is 10.6 Å². The van der Waals surface area contributed by atoms with E-state index in [0.717, 1.165) is 6.07 Å². The normalized spacial score (nSPS) is 15.9. The third-order valence-corrected chi connectivity index (χ3v) is 3.88. The van der Waals surface area contributed by atoms with Crippen molar-refractivity contribution in [2.24, 2.45) is 0 Å². The van der Waals surface area contributed by atoms with E-state index in [0.29, 0.717) is 31.9 Å². The average molecular weight is 336 g/mol. The molecule has 0 aliphatic carbocycles. The Kier molecular flexibility index (Phi) is 4.75. The molecular weight excluding hydrogens is 319 g/mol. The molecule has 2 amide bonds. The van der Waals surface area contributed by atoms with Gasteiger partial charge in [0, 0.05) is 46.0 Å². The van der Waals surface area contributed by atoms with Gasteiger partial charge in [-0.3, -0.25) is 0 Å². The number of nitrogens with zero attached hydrogens (tertiary/aromatic N) is 3. The van der Waals surface area contributed by atoms with Crippen LogP contribution in [0.3, 0.4) is 0 Å². The van der Waals surface area contributed by atoms with Crippen LogP contribution in [-0.4, -0.2) is 56.1 Å². The second-order valence-electron chi connectivity index (χ2n) is 5.31. The van der Waals surface area contributed by atoms with Crippen LogP contribution in [-0.2, 0) is 6.18 Å². The summed E-state index contributed by atoms with van der Waals surface area (Å²) < 4.78 is 38.7. The number of hydrogen-bond acceptors (Lipinski definition) is 2. The molecule has 0 spiro atoms. The number of halogens is 4. The molecule has 0 N–H and O–H groups in total. The van der Waals surface area contributed by atoms with Gasteiger partial charge >= 0.3 is 12.2 Å². The smallest absolute Gasteiger partial charge is 0.368 e. The van der Waals surface area contributed by atoms with Crippen molar-refractivity contribution < 1.29 is 18.0 Å². The number of amides is 2. The lowest BCUT2D eigenvalue weighted by Gasteiger charge is -2.37. The maximum atomic E-state index is 12.9. The maximum absolute atomic E-state index is 12.9. The van der Waals surface area contributed by atoms with Crippen LogP contribution in [0.1, 0.15) is 5.56 Å². The number of benzene rings is 1. The van der Waals surface area contributed by atoms with Crippen molar-refractivity contribution in [3.05, 3.63) is 28.8 Å². The topological polar surface area (TPSA) is 26.8 Å². The van der Waals surface area contributed by atoms with Gasteiger partial charge in [-0.25, -0.2) is 4.79 Å². The first-order valence-corrected chi connectivity index (χ1v) is 7.16. The highest BCUT2D eigenvalue weighted by atomic mass is 35.5. The maximum Gasteiger partial charge on any atom is 0.417 e. The lowest BCUT2D eigenvalue weighted by atomic mass is 10.1. The molecule has 1 aromatic rings. The highest BCUT2D eigenvalue weighted by Crippen LogP contribution is 2.37. The summed E-state index contributed by atoms with van der Waals surface area (Å²) in [5.74, 6) is 0. The Bertz CT molecular complexity index is 555.